The summed E-state index contributed by atoms with van der Waals surface area (Å²) >= 11 is 0. The summed E-state index contributed by atoms with van der Waals surface area (Å²) < 4.78 is 16.6. The number of carbonyl (C=O) groups is 3. The van der Waals surface area contributed by atoms with Gasteiger partial charge in [0.1, 0.15) is 13.2 Å². The van der Waals surface area contributed by atoms with Crippen LogP contribution in [0.15, 0.2) is 97.2 Å². The molecular formula is C52H84O6. The van der Waals surface area contributed by atoms with Gasteiger partial charge in [-0.05, 0) is 96.3 Å². The summed E-state index contributed by atoms with van der Waals surface area (Å²) in [5.74, 6) is -0.995. The molecule has 0 aliphatic rings. The fraction of sp³-hybridized carbons (Fsp3) is 0.635. The van der Waals surface area contributed by atoms with Gasteiger partial charge in [0.15, 0.2) is 6.10 Å². The Morgan fingerprint density at radius 1 is 0.379 bits per heavy atom. The van der Waals surface area contributed by atoms with Gasteiger partial charge in [0.25, 0.3) is 0 Å². The van der Waals surface area contributed by atoms with Crippen molar-refractivity contribution in [3.05, 3.63) is 97.2 Å². The molecular weight excluding hydrogens is 721 g/mol. The first-order valence-corrected chi connectivity index (χ1v) is 23.3. The second kappa shape index (κ2) is 46.0. The van der Waals surface area contributed by atoms with Gasteiger partial charge < -0.3 is 14.2 Å². The van der Waals surface area contributed by atoms with Gasteiger partial charge in [-0.3, -0.25) is 14.4 Å². The zero-order valence-electron chi connectivity index (χ0n) is 37.3. The van der Waals surface area contributed by atoms with Gasteiger partial charge in [0, 0.05) is 19.3 Å². The van der Waals surface area contributed by atoms with Gasteiger partial charge in [-0.2, -0.15) is 0 Å². The minimum Gasteiger partial charge on any atom is -0.462 e. The Hall–Kier alpha value is -3.67. The van der Waals surface area contributed by atoms with Crippen LogP contribution < -0.4 is 0 Å². The van der Waals surface area contributed by atoms with E-state index in [1.165, 1.54) is 44.9 Å². The molecule has 0 N–H and O–H groups in total. The van der Waals surface area contributed by atoms with Crippen molar-refractivity contribution in [1.29, 1.82) is 0 Å². The Morgan fingerprint density at radius 3 is 1.34 bits per heavy atom. The predicted molar refractivity (Wildman–Crippen MR) is 247 cm³/mol. The molecule has 0 fully saturated rings. The first-order chi connectivity index (χ1) is 28.5. The van der Waals surface area contributed by atoms with Crippen LogP contribution in [0.1, 0.15) is 194 Å². The summed E-state index contributed by atoms with van der Waals surface area (Å²) in [6, 6.07) is 0. The maximum Gasteiger partial charge on any atom is 0.306 e. The van der Waals surface area contributed by atoms with E-state index in [9.17, 15) is 14.4 Å². The lowest BCUT2D eigenvalue weighted by Gasteiger charge is -2.18. The first-order valence-electron chi connectivity index (χ1n) is 23.3. The summed E-state index contributed by atoms with van der Waals surface area (Å²) in [7, 11) is 0. The van der Waals surface area contributed by atoms with Gasteiger partial charge in [-0.1, -0.05) is 176 Å². The Bertz CT molecular complexity index is 1200. The van der Waals surface area contributed by atoms with Crippen LogP contribution in [0.3, 0.4) is 0 Å². The van der Waals surface area contributed by atoms with Crippen LogP contribution in [0.2, 0.25) is 0 Å². The van der Waals surface area contributed by atoms with E-state index in [1.807, 2.05) is 0 Å². The highest BCUT2D eigenvalue weighted by atomic mass is 16.6. The van der Waals surface area contributed by atoms with Gasteiger partial charge in [0.2, 0.25) is 0 Å². The van der Waals surface area contributed by atoms with Gasteiger partial charge in [0.05, 0.1) is 0 Å². The Labute approximate surface area is 356 Å². The van der Waals surface area contributed by atoms with E-state index in [0.717, 1.165) is 103 Å². The average Bonchev–Trinajstić information content (AvgIpc) is 3.22. The summed E-state index contributed by atoms with van der Waals surface area (Å²) in [6.07, 6.45) is 59.7. The smallest absolute Gasteiger partial charge is 0.306 e. The fourth-order valence-corrected chi connectivity index (χ4v) is 5.91. The molecule has 0 aromatic rings. The van der Waals surface area contributed by atoms with E-state index in [1.54, 1.807) is 0 Å². The number of ether oxygens (including phenoxy) is 3. The van der Waals surface area contributed by atoms with Crippen molar-refractivity contribution in [3.8, 4) is 0 Å². The first kappa shape index (κ1) is 54.3. The van der Waals surface area contributed by atoms with Crippen LogP contribution >= 0.6 is 0 Å². The highest BCUT2D eigenvalue weighted by Crippen LogP contribution is 2.12. The van der Waals surface area contributed by atoms with Crippen molar-refractivity contribution >= 4 is 17.9 Å². The molecule has 6 nitrogen and oxygen atoms in total. The number of hydrogen-bond donors (Lipinski definition) is 0. The molecule has 0 aromatic heterocycles. The second-order valence-corrected chi connectivity index (χ2v) is 15.0. The number of rotatable bonds is 40. The van der Waals surface area contributed by atoms with E-state index < -0.39 is 6.10 Å². The molecule has 0 aromatic carbocycles. The second-order valence-electron chi connectivity index (χ2n) is 15.0. The number of hydrogen-bond acceptors (Lipinski definition) is 6. The Kier molecular flexibility index (Phi) is 43.1. The number of allylic oxidation sites excluding steroid dienone is 16. The highest BCUT2D eigenvalue weighted by Gasteiger charge is 2.19. The van der Waals surface area contributed by atoms with Crippen molar-refractivity contribution in [2.45, 2.75) is 200 Å². The van der Waals surface area contributed by atoms with Crippen molar-refractivity contribution in [1.82, 2.24) is 0 Å². The molecule has 0 radical (unpaired) electrons. The van der Waals surface area contributed by atoms with Crippen molar-refractivity contribution in [3.63, 3.8) is 0 Å². The zero-order chi connectivity index (χ0) is 42.3. The molecule has 0 saturated carbocycles. The van der Waals surface area contributed by atoms with E-state index in [-0.39, 0.29) is 31.1 Å². The third kappa shape index (κ3) is 43.5. The molecule has 0 aliphatic carbocycles. The topological polar surface area (TPSA) is 78.9 Å². The molecule has 0 rings (SSSR count). The Balaban J connectivity index is 4.47. The number of carbonyl (C=O) groups excluding carboxylic acids is 3. The van der Waals surface area contributed by atoms with E-state index >= 15 is 0 Å². The lowest BCUT2D eigenvalue weighted by atomic mass is 10.1. The minimum absolute atomic E-state index is 0.109. The van der Waals surface area contributed by atoms with Gasteiger partial charge >= 0.3 is 17.9 Å². The van der Waals surface area contributed by atoms with Crippen LogP contribution in [0.4, 0.5) is 0 Å². The number of unbranched alkanes of at least 4 members (excludes halogenated alkanes) is 15. The van der Waals surface area contributed by atoms with E-state index in [4.69, 9.17) is 14.2 Å². The minimum atomic E-state index is -0.807. The van der Waals surface area contributed by atoms with Crippen LogP contribution in [0, 0.1) is 0 Å². The molecule has 6 heteroatoms. The molecule has 0 bridgehead atoms. The summed E-state index contributed by atoms with van der Waals surface area (Å²) in [4.78, 5) is 37.7. The lowest BCUT2D eigenvalue weighted by molar-refractivity contribution is -0.167. The molecule has 0 heterocycles. The highest BCUT2D eigenvalue weighted by molar-refractivity contribution is 5.71. The third-order valence-electron chi connectivity index (χ3n) is 9.36. The molecule has 0 aliphatic heterocycles. The largest absolute Gasteiger partial charge is 0.462 e. The standard InChI is InChI=1S/C52H84O6/c1-4-7-10-13-16-19-21-23-25-27-28-30-33-36-39-42-45-51(54)57-48-49(47-56-50(53)44-41-38-35-32-18-15-12-9-6-3)58-52(55)46-43-40-37-34-31-29-26-24-22-20-17-14-11-8-5-2/h7-8,10-11,14,16-17,19-20,22-23,25,28,30,32,35,49H,4-6,9,12-13,15,18,21,24,26-27,29,31,33-34,36-48H2,1-3H3/b10-7-,11-8-,17-14-,19-16-,22-20-,25-23-,30-28-,35-32-. The molecule has 1 unspecified atom stereocenters. The quantitative estimate of drug-likeness (QED) is 0.0202. The SMILES string of the molecule is CC\C=C/C=C\C=C/CCCCCCCCCC(=O)OC(COC(=O)CCC/C=C\CCCCCC)COC(=O)CCCCC/C=C\C/C=C\C/C=C\C/C=C\CC. The zero-order valence-corrected chi connectivity index (χ0v) is 37.3. The third-order valence-corrected chi connectivity index (χ3v) is 9.36. The van der Waals surface area contributed by atoms with Crippen molar-refractivity contribution in [2.75, 3.05) is 13.2 Å². The monoisotopic (exact) mass is 805 g/mol. The summed E-state index contributed by atoms with van der Waals surface area (Å²) in [5.41, 5.74) is 0. The molecule has 58 heavy (non-hydrogen) atoms. The van der Waals surface area contributed by atoms with Crippen LogP contribution in [-0.2, 0) is 28.6 Å². The fourth-order valence-electron chi connectivity index (χ4n) is 5.91. The Morgan fingerprint density at radius 2 is 0.776 bits per heavy atom. The maximum atomic E-state index is 12.7. The molecule has 0 spiro atoms. The van der Waals surface area contributed by atoms with Gasteiger partial charge in [-0.15, -0.1) is 0 Å². The summed E-state index contributed by atoms with van der Waals surface area (Å²) in [5, 5.41) is 0. The molecule has 0 saturated heterocycles. The molecule has 1 atom stereocenters. The van der Waals surface area contributed by atoms with Crippen LogP contribution in [-0.4, -0.2) is 37.2 Å². The van der Waals surface area contributed by atoms with Crippen molar-refractivity contribution in [2.24, 2.45) is 0 Å². The predicted octanol–water partition coefficient (Wildman–Crippen LogP) is 15.0. The molecule has 328 valence electrons. The number of esters is 3. The van der Waals surface area contributed by atoms with E-state index in [2.05, 4.69) is 118 Å². The van der Waals surface area contributed by atoms with Crippen LogP contribution in [0.25, 0.3) is 0 Å². The van der Waals surface area contributed by atoms with E-state index in [0.29, 0.717) is 25.7 Å². The summed E-state index contributed by atoms with van der Waals surface area (Å²) in [6.45, 7) is 6.27. The van der Waals surface area contributed by atoms with Crippen molar-refractivity contribution < 1.29 is 28.6 Å². The maximum absolute atomic E-state index is 12.7. The van der Waals surface area contributed by atoms with Gasteiger partial charge in [-0.25, -0.2) is 0 Å². The normalized spacial score (nSPS) is 12.9. The van der Waals surface area contributed by atoms with Crippen LogP contribution in [0.5, 0.6) is 0 Å². The molecule has 0 amide bonds. The average molecular weight is 805 g/mol. The lowest BCUT2D eigenvalue weighted by Crippen LogP contribution is -2.30.